The quantitative estimate of drug-likeness (QED) is 0.210. The van der Waals surface area contributed by atoms with Crippen LogP contribution in [0.25, 0.3) is 22.0 Å². The molecule has 2 aromatic carbocycles. The fourth-order valence-electron chi connectivity index (χ4n) is 5.69. The molecule has 3 heterocycles. The van der Waals surface area contributed by atoms with Crippen LogP contribution in [0.3, 0.4) is 0 Å². The number of carbonyl (C=O) groups is 1. The Kier molecular flexibility index (Phi) is 8.33. The molecule has 5 rings (SSSR count). The number of benzene rings is 2. The van der Waals surface area contributed by atoms with Crippen LogP contribution >= 0.6 is 0 Å². The summed E-state index contributed by atoms with van der Waals surface area (Å²) in [5.74, 6) is -0.475. The molecule has 0 N–H and O–H groups in total. The van der Waals surface area contributed by atoms with Crippen molar-refractivity contribution in [2.24, 2.45) is 7.05 Å². The maximum Gasteiger partial charge on any atom is 0.154 e. The zero-order valence-corrected chi connectivity index (χ0v) is 23.4. The first kappa shape index (κ1) is 28.9. The van der Waals surface area contributed by atoms with Gasteiger partial charge in [0.25, 0.3) is 0 Å². The van der Waals surface area contributed by atoms with Gasteiger partial charge >= 0.3 is 0 Å². The van der Waals surface area contributed by atoms with Crippen LogP contribution in [0.5, 0.6) is 0 Å². The van der Waals surface area contributed by atoms with Crippen molar-refractivity contribution < 1.29 is 9.18 Å². The lowest BCUT2D eigenvalue weighted by Crippen LogP contribution is -2.17. The summed E-state index contributed by atoms with van der Waals surface area (Å²) in [4.78, 5) is 18.4. The fraction of sp³-hybridized carbons (Fsp3) is 0.333. The van der Waals surface area contributed by atoms with Gasteiger partial charge in [-0.3, -0.25) is 19.1 Å². The number of aryl methyl sites for hydroxylation is 6. The van der Waals surface area contributed by atoms with Gasteiger partial charge in [0.15, 0.2) is 5.78 Å². The smallest absolute Gasteiger partial charge is 0.154 e. The Bertz CT molecular complexity index is 1680. The van der Waals surface area contributed by atoms with Crippen molar-refractivity contribution in [3.63, 3.8) is 0 Å². The summed E-state index contributed by atoms with van der Waals surface area (Å²) in [5, 5.41) is 10.2. The standard InChI is InChI=1S/C32H34FN5O.CH4/c1-19-13-24(16-26(33)14-19)15-25(17-27(39)18-38-12-11-22(4)35-38)31-28(10-8-21(3)34-31)29-9-7-20(2)30-23(5)36-37(6)32(29)30;/h7-14,16,25H,15,17-18H2,1-6H3;1H4/t25-;/m1./s1. The van der Waals surface area contributed by atoms with Gasteiger partial charge in [-0.1, -0.05) is 31.7 Å². The Balaban J connectivity index is 0.00000370. The van der Waals surface area contributed by atoms with Crippen molar-refractivity contribution in [3.8, 4) is 11.1 Å². The second-order valence-electron chi connectivity index (χ2n) is 10.7. The third-order valence-electron chi connectivity index (χ3n) is 7.28. The molecule has 0 aliphatic carbocycles. The van der Waals surface area contributed by atoms with Crippen molar-refractivity contribution in [1.29, 1.82) is 0 Å². The molecule has 3 aromatic heterocycles. The van der Waals surface area contributed by atoms with Crippen LogP contribution in [0.4, 0.5) is 4.39 Å². The maximum atomic E-state index is 14.4. The van der Waals surface area contributed by atoms with Crippen LogP contribution < -0.4 is 0 Å². The molecule has 0 saturated carbocycles. The lowest BCUT2D eigenvalue weighted by atomic mass is 9.85. The number of aromatic nitrogens is 5. The summed E-state index contributed by atoms with van der Waals surface area (Å²) in [6.07, 6.45) is 2.57. The van der Waals surface area contributed by atoms with E-state index in [9.17, 15) is 9.18 Å². The zero-order valence-electron chi connectivity index (χ0n) is 23.4. The molecule has 7 heteroatoms. The summed E-state index contributed by atoms with van der Waals surface area (Å²) in [6.45, 7) is 10.1. The molecule has 0 aliphatic heterocycles. The van der Waals surface area contributed by atoms with Gasteiger partial charge in [-0.15, -0.1) is 0 Å². The predicted molar refractivity (Wildman–Crippen MR) is 159 cm³/mol. The number of nitrogens with zero attached hydrogens (tertiary/aromatic N) is 5. The summed E-state index contributed by atoms with van der Waals surface area (Å²) in [5.41, 5.74) is 9.45. The number of ketones is 1. The molecule has 0 radical (unpaired) electrons. The molecule has 0 fully saturated rings. The average Bonchev–Trinajstić information content (AvgIpc) is 3.40. The summed E-state index contributed by atoms with van der Waals surface area (Å²) in [7, 11) is 1.96. The largest absolute Gasteiger partial charge is 0.298 e. The van der Waals surface area contributed by atoms with E-state index in [2.05, 4.69) is 30.2 Å². The first-order valence-electron chi connectivity index (χ1n) is 13.3. The number of rotatable bonds is 8. The van der Waals surface area contributed by atoms with Gasteiger partial charge in [0.1, 0.15) is 5.82 Å². The van der Waals surface area contributed by atoms with Gasteiger partial charge in [0.05, 0.1) is 29.1 Å². The van der Waals surface area contributed by atoms with E-state index in [1.165, 1.54) is 6.07 Å². The summed E-state index contributed by atoms with van der Waals surface area (Å²) in [6, 6.07) is 15.3. The van der Waals surface area contributed by atoms with Crippen molar-refractivity contribution >= 4 is 16.7 Å². The zero-order chi connectivity index (χ0) is 27.8. The lowest BCUT2D eigenvalue weighted by Gasteiger charge is -2.21. The van der Waals surface area contributed by atoms with Gasteiger partial charge in [0.2, 0.25) is 0 Å². The first-order valence-corrected chi connectivity index (χ1v) is 13.3. The fourth-order valence-corrected chi connectivity index (χ4v) is 5.69. The molecule has 6 nitrogen and oxygen atoms in total. The normalized spacial score (nSPS) is 12.0. The molecule has 0 aliphatic rings. The van der Waals surface area contributed by atoms with Crippen LogP contribution in [-0.2, 0) is 24.8 Å². The van der Waals surface area contributed by atoms with Gasteiger partial charge in [-0.2, -0.15) is 10.2 Å². The number of halogens is 1. The number of pyridine rings is 1. The minimum Gasteiger partial charge on any atom is -0.298 e. The van der Waals surface area contributed by atoms with Gasteiger partial charge in [-0.25, -0.2) is 4.39 Å². The number of fused-ring (bicyclic) bond motifs is 1. The van der Waals surface area contributed by atoms with Crippen LogP contribution in [-0.4, -0.2) is 30.3 Å². The minimum atomic E-state index is -0.273. The topological polar surface area (TPSA) is 65.6 Å². The monoisotopic (exact) mass is 539 g/mol. The predicted octanol–water partition coefficient (Wildman–Crippen LogP) is 7.13. The van der Waals surface area contributed by atoms with Crippen LogP contribution in [0.2, 0.25) is 0 Å². The Hall–Kier alpha value is -4.13. The summed E-state index contributed by atoms with van der Waals surface area (Å²) < 4.78 is 18.0. The van der Waals surface area contributed by atoms with Crippen molar-refractivity contribution in [1.82, 2.24) is 24.5 Å². The molecule has 208 valence electrons. The molecule has 1 atom stereocenters. The number of hydrogen-bond donors (Lipinski definition) is 0. The average molecular weight is 540 g/mol. The van der Waals surface area contributed by atoms with Crippen LogP contribution in [0, 0.1) is 40.4 Å². The Labute approximate surface area is 235 Å². The molecule has 0 bridgehead atoms. The second-order valence-corrected chi connectivity index (χ2v) is 10.7. The van der Waals surface area contributed by atoms with E-state index >= 15 is 0 Å². The molecule has 0 amide bonds. The SMILES string of the molecule is C.Cc1cc(F)cc(C[C@H](CC(=O)Cn2ccc(C)n2)c2nc(C)ccc2-c2ccc(C)c3c(C)nn(C)c23)c1. The molecule has 0 spiro atoms. The molecule has 40 heavy (non-hydrogen) atoms. The molecule has 5 aromatic rings. The van der Waals surface area contributed by atoms with E-state index in [0.29, 0.717) is 6.42 Å². The van der Waals surface area contributed by atoms with E-state index < -0.39 is 0 Å². The third kappa shape index (κ3) is 5.88. The highest BCUT2D eigenvalue weighted by atomic mass is 19.1. The van der Waals surface area contributed by atoms with E-state index in [-0.39, 0.29) is 37.9 Å². The van der Waals surface area contributed by atoms with Gasteiger partial charge < -0.3 is 0 Å². The molecular weight excluding hydrogens is 501 g/mol. The maximum absolute atomic E-state index is 14.4. The van der Waals surface area contributed by atoms with Crippen LogP contribution in [0.15, 0.2) is 54.7 Å². The number of Topliss-reactive ketones (excluding diaryl/α,β-unsaturated/α-hetero) is 1. The van der Waals surface area contributed by atoms with Crippen molar-refractivity contribution in [3.05, 3.63) is 100 Å². The van der Waals surface area contributed by atoms with Crippen molar-refractivity contribution in [2.75, 3.05) is 0 Å². The summed E-state index contributed by atoms with van der Waals surface area (Å²) >= 11 is 0. The first-order chi connectivity index (χ1) is 18.6. The Morgan fingerprint density at radius 3 is 2.38 bits per heavy atom. The lowest BCUT2D eigenvalue weighted by molar-refractivity contribution is -0.120. The van der Waals surface area contributed by atoms with E-state index in [4.69, 9.17) is 10.1 Å². The second kappa shape index (κ2) is 11.5. The Morgan fingerprint density at radius 2 is 1.68 bits per heavy atom. The Morgan fingerprint density at radius 1 is 0.925 bits per heavy atom. The number of hydrogen-bond acceptors (Lipinski definition) is 4. The van der Waals surface area contributed by atoms with Crippen LogP contribution in [0.1, 0.15) is 59.2 Å². The molecule has 0 unspecified atom stereocenters. The van der Waals surface area contributed by atoms with Gasteiger partial charge in [0, 0.05) is 47.8 Å². The molecular formula is C33H38FN5O. The number of carbonyl (C=O) groups excluding carboxylic acids is 1. The highest BCUT2D eigenvalue weighted by molar-refractivity contribution is 5.98. The highest BCUT2D eigenvalue weighted by Gasteiger charge is 2.25. The minimum absolute atomic E-state index is 0. The van der Waals surface area contributed by atoms with Crippen molar-refractivity contribution in [2.45, 2.75) is 67.3 Å². The molecule has 0 saturated heterocycles. The highest BCUT2D eigenvalue weighted by Crippen LogP contribution is 2.38. The van der Waals surface area contributed by atoms with E-state index in [1.807, 2.05) is 63.8 Å². The van der Waals surface area contributed by atoms with Gasteiger partial charge in [-0.05, 0) is 82.0 Å². The third-order valence-corrected chi connectivity index (χ3v) is 7.28. The van der Waals surface area contributed by atoms with E-state index in [0.717, 1.165) is 61.5 Å². The van der Waals surface area contributed by atoms with E-state index in [1.54, 1.807) is 10.7 Å².